The van der Waals surface area contributed by atoms with Crippen LogP contribution in [0.1, 0.15) is 18.6 Å². The Labute approximate surface area is 86.8 Å². The van der Waals surface area contributed by atoms with Crippen LogP contribution in [0.15, 0.2) is 12.1 Å². The van der Waals surface area contributed by atoms with Gasteiger partial charge in [0.25, 0.3) is 0 Å². The van der Waals surface area contributed by atoms with Crippen molar-refractivity contribution in [2.75, 3.05) is 17.7 Å². The number of nitrogen functional groups attached to an aromatic ring is 1. The first kappa shape index (κ1) is 9.79. The number of hydrogen-bond donors (Lipinski definition) is 3. The second-order valence-corrected chi connectivity index (χ2v) is 3.49. The van der Waals surface area contributed by atoms with Crippen LogP contribution in [-0.2, 0) is 4.79 Å². The average Bonchev–Trinajstić information content (AvgIpc) is 2.47. The number of hydrogen-bond acceptors (Lipinski definition) is 4. The molecule has 1 aromatic rings. The maximum atomic E-state index is 10.9. The van der Waals surface area contributed by atoms with Crippen LogP contribution in [0.3, 0.4) is 0 Å². The monoisotopic (exact) mass is 208 g/mol. The Morgan fingerprint density at radius 2 is 2.40 bits per heavy atom. The summed E-state index contributed by atoms with van der Waals surface area (Å²) in [5, 5.41) is 12.2. The van der Waals surface area contributed by atoms with Crippen molar-refractivity contribution >= 4 is 17.3 Å². The van der Waals surface area contributed by atoms with Gasteiger partial charge in [-0.1, -0.05) is 0 Å². The summed E-state index contributed by atoms with van der Waals surface area (Å²) >= 11 is 0. The number of rotatable bonds is 1. The number of benzene rings is 1. The van der Waals surface area contributed by atoms with Crippen LogP contribution in [0, 0.1) is 0 Å². The summed E-state index contributed by atoms with van der Waals surface area (Å²) < 4.78 is 5.21. The van der Waals surface area contributed by atoms with Crippen molar-refractivity contribution in [3.05, 3.63) is 17.7 Å². The fraction of sp³-hybridized carbons (Fsp3) is 0.300. The van der Waals surface area contributed by atoms with Gasteiger partial charge in [-0.2, -0.15) is 0 Å². The first-order valence-corrected chi connectivity index (χ1v) is 4.60. The third kappa shape index (κ3) is 1.73. The lowest BCUT2D eigenvalue weighted by atomic mass is 10.1. The molecule has 0 spiro atoms. The summed E-state index contributed by atoms with van der Waals surface area (Å²) in [5.41, 5.74) is 7.34. The summed E-state index contributed by atoms with van der Waals surface area (Å²) in [6.45, 7) is 1.62. The Balaban J connectivity index is 2.41. The number of fused-ring (bicyclic) bond motifs is 1. The summed E-state index contributed by atoms with van der Waals surface area (Å²) in [7, 11) is 0. The van der Waals surface area contributed by atoms with Gasteiger partial charge in [-0.25, -0.2) is 0 Å². The van der Waals surface area contributed by atoms with Crippen molar-refractivity contribution in [1.82, 2.24) is 0 Å². The van der Waals surface area contributed by atoms with Crippen LogP contribution >= 0.6 is 0 Å². The smallest absolute Gasteiger partial charge is 0.221 e. The molecule has 1 aliphatic rings. The van der Waals surface area contributed by atoms with Gasteiger partial charge < -0.3 is 20.9 Å². The zero-order chi connectivity index (χ0) is 11.0. The molecule has 80 valence electrons. The molecule has 1 amide bonds. The van der Waals surface area contributed by atoms with Gasteiger partial charge in [0.2, 0.25) is 5.91 Å². The molecule has 0 saturated heterocycles. The van der Waals surface area contributed by atoms with Crippen molar-refractivity contribution in [3.8, 4) is 5.75 Å². The van der Waals surface area contributed by atoms with E-state index in [0.29, 0.717) is 22.7 Å². The van der Waals surface area contributed by atoms with Gasteiger partial charge in [0.15, 0.2) is 0 Å². The summed E-state index contributed by atoms with van der Waals surface area (Å²) in [6, 6.07) is 3.28. The summed E-state index contributed by atoms with van der Waals surface area (Å²) in [4.78, 5) is 10.9. The molecule has 5 nitrogen and oxygen atoms in total. The fourth-order valence-electron chi connectivity index (χ4n) is 1.62. The lowest BCUT2D eigenvalue weighted by Gasteiger charge is -2.08. The maximum absolute atomic E-state index is 10.9. The van der Waals surface area contributed by atoms with E-state index in [0.717, 1.165) is 0 Å². The van der Waals surface area contributed by atoms with Gasteiger partial charge in [0, 0.05) is 18.2 Å². The van der Waals surface area contributed by atoms with E-state index < -0.39 is 6.10 Å². The molecular weight excluding hydrogens is 196 g/mol. The standard InChI is InChI=1S/C10H12N2O3/c1-5(13)12-6-2-7-9(14)4-15-10(7)8(11)3-6/h2-3,9,14H,4,11H2,1H3,(H,12,13)/t9-/m0/s1. The van der Waals surface area contributed by atoms with Gasteiger partial charge in [-0.3, -0.25) is 4.79 Å². The van der Waals surface area contributed by atoms with Crippen molar-refractivity contribution in [2.24, 2.45) is 0 Å². The van der Waals surface area contributed by atoms with E-state index >= 15 is 0 Å². The number of aliphatic hydroxyl groups is 1. The van der Waals surface area contributed by atoms with E-state index in [1.165, 1.54) is 6.92 Å². The third-order valence-electron chi connectivity index (χ3n) is 2.21. The minimum Gasteiger partial charge on any atom is -0.488 e. The highest BCUT2D eigenvalue weighted by atomic mass is 16.5. The van der Waals surface area contributed by atoms with Crippen LogP contribution in [-0.4, -0.2) is 17.6 Å². The van der Waals surface area contributed by atoms with Crippen LogP contribution in [0.4, 0.5) is 11.4 Å². The molecular formula is C10H12N2O3. The largest absolute Gasteiger partial charge is 0.488 e. The van der Waals surface area contributed by atoms with E-state index in [-0.39, 0.29) is 12.5 Å². The second kappa shape index (κ2) is 3.43. The molecule has 0 aromatic heterocycles. The zero-order valence-electron chi connectivity index (χ0n) is 8.28. The number of amides is 1. The minimum absolute atomic E-state index is 0.178. The Morgan fingerprint density at radius 3 is 3.07 bits per heavy atom. The van der Waals surface area contributed by atoms with Crippen molar-refractivity contribution in [2.45, 2.75) is 13.0 Å². The molecule has 0 radical (unpaired) electrons. The molecule has 1 aromatic carbocycles. The molecule has 2 rings (SSSR count). The van der Waals surface area contributed by atoms with Gasteiger partial charge in [0.1, 0.15) is 18.5 Å². The van der Waals surface area contributed by atoms with Crippen LogP contribution in [0.5, 0.6) is 5.75 Å². The maximum Gasteiger partial charge on any atom is 0.221 e. The number of nitrogens with one attached hydrogen (secondary N) is 1. The number of ether oxygens (including phenoxy) is 1. The second-order valence-electron chi connectivity index (χ2n) is 3.49. The summed E-state index contributed by atoms with van der Waals surface area (Å²) in [6.07, 6.45) is -0.670. The normalized spacial score (nSPS) is 18.1. The predicted octanol–water partition coefficient (Wildman–Crippen LogP) is 0.653. The first-order chi connectivity index (χ1) is 7.08. The summed E-state index contributed by atoms with van der Waals surface area (Å²) in [5.74, 6) is 0.333. The van der Waals surface area contributed by atoms with E-state index in [9.17, 15) is 9.90 Å². The molecule has 0 aliphatic carbocycles. The first-order valence-electron chi connectivity index (χ1n) is 4.60. The molecule has 15 heavy (non-hydrogen) atoms. The number of carbonyl (C=O) groups excluding carboxylic acids is 1. The molecule has 5 heteroatoms. The third-order valence-corrected chi connectivity index (χ3v) is 2.21. The zero-order valence-corrected chi connectivity index (χ0v) is 8.28. The number of carbonyl (C=O) groups is 1. The Bertz CT molecular complexity index is 417. The van der Waals surface area contributed by atoms with E-state index in [1.54, 1.807) is 12.1 Å². The van der Waals surface area contributed by atoms with E-state index in [4.69, 9.17) is 10.5 Å². The molecule has 0 unspecified atom stereocenters. The van der Waals surface area contributed by atoms with Crippen LogP contribution in [0.2, 0.25) is 0 Å². The van der Waals surface area contributed by atoms with Crippen LogP contribution in [0.25, 0.3) is 0 Å². The van der Waals surface area contributed by atoms with Gasteiger partial charge in [-0.05, 0) is 12.1 Å². The van der Waals surface area contributed by atoms with Crippen molar-refractivity contribution in [3.63, 3.8) is 0 Å². The molecule has 0 bridgehead atoms. The lowest BCUT2D eigenvalue weighted by molar-refractivity contribution is -0.114. The van der Waals surface area contributed by atoms with Gasteiger partial charge in [0.05, 0.1) is 5.69 Å². The van der Waals surface area contributed by atoms with Crippen LogP contribution < -0.4 is 15.8 Å². The lowest BCUT2D eigenvalue weighted by Crippen LogP contribution is -2.06. The van der Waals surface area contributed by atoms with Crippen molar-refractivity contribution < 1.29 is 14.6 Å². The van der Waals surface area contributed by atoms with Crippen molar-refractivity contribution in [1.29, 1.82) is 0 Å². The van der Waals surface area contributed by atoms with E-state index in [1.807, 2.05) is 0 Å². The molecule has 1 aliphatic heterocycles. The SMILES string of the molecule is CC(=O)Nc1cc(N)c2c(c1)[C@@H](O)CO2. The van der Waals surface area contributed by atoms with Gasteiger partial charge in [-0.15, -0.1) is 0 Å². The fourth-order valence-corrected chi connectivity index (χ4v) is 1.62. The number of anilines is 2. The Kier molecular flexibility index (Phi) is 2.24. The molecule has 0 fully saturated rings. The predicted molar refractivity (Wildman–Crippen MR) is 55.6 cm³/mol. The topological polar surface area (TPSA) is 84.6 Å². The minimum atomic E-state index is -0.670. The molecule has 4 N–H and O–H groups in total. The average molecular weight is 208 g/mol. The number of nitrogens with two attached hydrogens (primary N) is 1. The molecule has 1 heterocycles. The highest BCUT2D eigenvalue weighted by Gasteiger charge is 2.24. The van der Waals surface area contributed by atoms with Gasteiger partial charge >= 0.3 is 0 Å². The highest BCUT2D eigenvalue weighted by Crippen LogP contribution is 2.39. The number of aliphatic hydroxyl groups excluding tert-OH is 1. The molecule has 0 saturated carbocycles. The molecule has 1 atom stereocenters. The Morgan fingerprint density at radius 1 is 1.67 bits per heavy atom. The van der Waals surface area contributed by atoms with E-state index in [2.05, 4.69) is 5.32 Å². The highest BCUT2D eigenvalue weighted by molar-refractivity contribution is 5.90. The quantitative estimate of drug-likeness (QED) is 0.592. The Hall–Kier alpha value is -1.75.